The Bertz CT molecular complexity index is 626. The van der Waals surface area contributed by atoms with E-state index in [1.807, 2.05) is 6.07 Å². The molecule has 9 heteroatoms. The van der Waals surface area contributed by atoms with Crippen molar-refractivity contribution in [2.75, 3.05) is 31.6 Å². The molecule has 1 unspecified atom stereocenters. The van der Waals surface area contributed by atoms with E-state index in [2.05, 4.69) is 5.32 Å². The van der Waals surface area contributed by atoms with Crippen molar-refractivity contribution in [2.45, 2.75) is 12.5 Å². The van der Waals surface area contributed by atoms with Gasteiger partial charge in [-0.05, 0) is 25.6 Å². The summed E-state index contributed by atoms with van der Waals surface area (Å²) in [5.74, 6) is -1.66. The van der Waals surface area contributed by atoms with Gasteiger partial charge in [-0.2, -0.15) is 0 Å². The normalized spacial score (nSPS) is 16.9. The third-order valence-electron chi connectivity index (χ3n) is 3.68. The highest BCUT2D eigenvalue weighted by atomic mass is 35.5. The van der Waals surface area contributed by atoms with Gasteiger partial charge in [0.05, 0.1) is 23.3 Å². The number of anilines is 1. The zero-order chi connectivity index (χ0) is 17.0. The van der Waals surface area contributed by atoms with E-state index in [0.29, 0.717) is 23.7 Å². The number of nitrogens with one attached hydrogen (secondary N) is 1. The number of para-hydroxylation sites is 1. The van der Waals surface area contributed by atoms with Crippen molar-refractivity contribution in [2.24, 2.45) is 0 Å². The molecule has 2 amide bonds. The van der Waals surface area contributed by atoms with Crippen molar-refractivity contribution in [3.05, 3.63) is 29.3 Å². The lowest BCUT2D eigenvalue weighted by Gasteiger charge is -2.23. The molecule has 0 aliphatic carbocycles. The van der Waals surface area contributed by atoms with Gasteiger partial charge < -0.3 is 15.3 Å². The second-order valence-electron chi connectivity index (χ2n) is 5.33. The molecule has 1 aromatic rings. The Morgan fingerprint density at radius 3 is 2.71 bits per heavy atom. The van der Waals surface area contributed by atoms with Gasteiger partial charge in [0.2, 0.25) is 11.8 Å². The van der Waals surface area contributed by atoms with E-state index in [1.54, 1.807) is 35.0 Å². The molecule has 0 bridgehead atoms. The fraction of sp³-hybridized carbons (Fsp3) is 0.400. The Balaban J connectivity index is 0.00000288. The van der Waals surface area contributed by atoms with Crippen LogP contribution in [0, 0.1) is 0 Å². The first-order chi connectivity index (χ1) is 10.9. The molecule has 132 valence electrons. The second kappa shape index (κ2) is 8.86. The number of aliphatic carboxylic acids is 1. The molecule has 1 atom stereocenters. The molecule has 1 saturated heterocycles. The van der Waals surface area contributed by atoms with Crippen LogP contribution in [-0.4, -0.2) is 60.5 Å². The maximum Gasteiger partial charge on any atom is 0.322 e. The summed E-state index contributed by atoms with van der Waals surface area (Å²) in [7, 11) is 1.67. The summed E-state index contributed by atoms with van der Waals surface area (Å²) in [5.41, 5.74) is 0.658. The van der Waals surface area contributed by atoms with Crippen molar-refractivity contribution in [1.82, 2.24) is 10.2 Å². The summed E-state index contributed by atoms with van der Waals surface area (Å²) in [4.78, 5) is 37.9. The summed E-state index contributed by atoms with van der Waals surface area (Å²) in [6, 6.07) is 6.68. The molecular formula is C15H19Cl2N3O4. The van der Waals surface area contributed by atoms with E-state index in [1.165, 1.54) is 0 Å². The van der Waals surface area contributed by atoms with E-state index in [9.17, 15) is 14.4 Å². The molecule has 0 radical (unpaired) electrons. The van der Waals surface area contributed by atoms with Crippen molar-refractivity contribution in [3.63, 3.8) is 0 Å². The van der Waals surface area contributed by atoms with E-state index >= 15 is 0 Å². The quantitative estimate of drug-likeness (QED) is 0.773. The lowest BCUT2D eigenvalue weighted by molar-refractivity contribution is -0.138. The topological polar surface area (TPSA) is 89.9 Å². The second-order valence-corrected chi connectivity index (χ2v) is 5.74. The molecule has 2 rings (SSSR count). The number of hydrogen-bond acceptors (Lipinski definition) is 4. The van der Waals surface area contributed by atoms with E-state index < -0.39 is 24.5 Å². The monoisotopic (exact) mass is 375 g/mol. The van der Waals surface area contributed by atoms with Crippen molar-refractivity contribution in [3.8, 4) is 0 Å². The van der Waals surface area contributed by atoms with Crippen LogP contribution in [0.1, 0.15) is 6.42 Å². The summed E-state index contributed by atoms with van der Waals surface area (Å²) in [5, 5.41) is 11.3. The highest BCUT2D eigenvalue weighted by molar-refractivity contribution is 6.33. The van der Waals surface area contributed by atoms with Crippen LogP contribution in [-0.2, 0) is 14.4 Å². The van der Waals surface area contributed by atoms with Crippen LogP contribution in [0.2, 0.25) is 5.02 Å². The number of likely N-dealkylation sites (N-methyl/N-ethyl adjacent to an activating group) is 1. The molecule has 7 nitrogen and oxygen atoms in total. The molecule has 1 heterocycles. The SMILES string of the molecule is CN(CC(=O)NCC(=O)O)C1CCN(c2ccccc2Cl)C1=O.Cl. The molecule has 24 heavy (non-hydrogen) atoms. The van der Waals surface area contributed by atoms with Gasteiger partial charge in [0, 0.05) is 6.54 Å². The van der Waals surface area contributed by atoms with Crippen LogP contribution in [0.5, 0.6) is 0 Å². The Kier molecular flexibility index (Phi) is 7.47. The number of benzene rings is 1. The van der Waals surface area contributed by atoms with E-state index in [4.69, 9.17) is 16.7 Å². The molecule has 1 fully saturated rings. The number of amides is 2. The minimum absolute atomic E-state index is 0. The molecule has 0 aromatic heterocycles. The number of nitrogens with zero attached hydrogens (tertiary/aromatic N) is 2. The van der Waals surface area contributed by atoms with E-state index in [-0.39, 0.29) is 24.9 Å². The third-order valence-corrected chi connectivity index (χ3v) is 4.00. The van der Waals surface area contributed by atoms with Crippen molar-refractivity contribution < 1.29 is 19.5 Å². The fourth-order valence-electron chi connectivity index (χ4n) is 2.55. The van der Waals surface area contributed by atoms with Crippen molar-refractivity contribution in [1.29, 1.82) is 0 Å². The fourth-order valence-corrected chi connectivity index (χ4v) is 2.79. The van der Waals surface area contributed by atoms with Crippen LogP contribution >= 0.6 is 24.0 Å². The predicted octanol–water partition coefficient (Wildman–Crippen LogP) is 1.000. The number of carboxylic acid groups (broad SMARTS) is 1. The Hall–Kier alpha value is -1.83. The third kappa shape index (κ3) is 4.83. The minimum Gasteiger partial charge on any atom is -0.480 e. The Morgan fingerprint density at radius 2 is 2.08 bits per heavy atom. The van der Waals surface area contributed by atoms with Crippen LogP contribution < -0.4 is 10.2 Å². The zero-order valence-electron chi connectivity index (χ0n) is 13.1. The highest BCUT2D eigenvalue weighted by Gasteiger charge is 2.36. The maximum absolute atomic E-state index is 12.5. The molecular weight excluding hydrogens is 357 g/mol. The van der Waals surface area contributed by atoms with Gasteiger partial charge in [-0.25, -0.2) is 0 Å². The smallest absolute Gasteiger partial charge is 0.322 e. The molecule has 1 aliphatic rings. The summed E-state index contributed by atoms with van der Waals surface area (Å²) in [6.45, 7) is 0.0470. The number of hydrogen-bond donors (Lipinski definition) is 2. The van der Waals surface area contributed by atoms with Gasteiger partial charge in [0.25, 0.3) is 0 Å². The van der Waals surface area contributed by atoms with Gasteiger partial charge in [-0.15, -0.1) is 12.4 Å². The van der Waals surface area contributed by atoms with Crippen LogP contribution in [0.3, 0.4) is 0 Å². The number of rotatable bonds is 6. The first-order valence-corrected chi connectivity index (χ1v) is 7.52. The van der Waals surface area contributed by atoms with Crippen LogP contribution in [0.15, 0.2) is 24.3 Å². The number of carboxylic acids is 1. The summed E-state index contributed by atoms with van der Waals surface area (Å²) < 4.78 is 0. The van der Waals surface area contributed by atoms with Gasteiger partial charge in [-0.1, -0.05) is 23.7 Å². The predicted molar refractivity (Wildman–Crippen MR) is 92.7 cm³/mol. The molecule has 0 saturated carbocycles. The van der Waals surface area contributed by atoms with E-state index in [0.717, 1.165) is 0 Å². The summed E-state index contributed by atoms with van der Waals surface area (Å²) >= 11 is 6.12. The summed E-state index contributed by atoms with van der Waals surface area (Å²) in [6.07, 6.45) is 0.576. The Labute approximate surface area is 151 Å². The average molecular weight is 376 g/mol. The minimum atomic E-state index is -1.11. The zero-order valence-corrected chi connectivity index (χ0v) is 14.6. The number of carbonyl (C=O) groups is 3. The van der Waals surface area contributed by atoms with Gasteiger partial charge in [-0.3, -0.25) is 19.3 Å². The molecule has 1 aliphatic heterocycles. The molecule has 0 spiro atoms. The molecule has 1 aromatic carbocycles. The first kappa shape index (κ1) is 20.2. The number of halogens is 2. The van der Waals surface area contributed by atoms with Crippen molar-refractivity contribution >= 4 is 47.5 Å². The van der Waals surface area contributed by atoms with Crippen LogP contribution in [0.25, 0.3) is 0 Å². The van der Waals surface area contributed by atoms with Gasteiger partial charge in [0.1, 0.15) is 6.54 Å². The van der Waals surface area contributed by atoms with Gasteiger partial charge >= 0.3 is 5.97 Å². The van der Waals surface area contributed by atoms with Crippen LogP contribution in [0.4, 0.5) is 5.69 Å². The largest absolute Gasteiger partial charge is 0.480 e. The molecule has 2 N–H and O–H groups in total. The Morgan fingerprint density at radius 1 is 1.42 bits per heavy atom. The number of carbonyl (C=O) groups excluding carboxylic acids is 2. The highest BCUT2D eigenvalue weighted by Crippen LogP contribution is 2.30. The average Bonchev–Trinajstić information content (AvgIpc) is 2.87. The lowest BCUT2D eigenvalue weighted by atomic mass is 10.2. The lowest BCUT2D eigenvalue weighted by Crippen LogP contribution is -2.45. The maximum atomic E-state index is 12.5. The standard InChI is InChI=1S/C15H18ClN3O4.ClH/c1-18(9-13(20)17-8-14(21)22)12-6-7-19(15(12)23)11-5-3-2-4-10(11)16;/h2-5,12H,6-9H2,1H3,(H,17,20)(H,21,22);1H. The van der Waals surface area contributed by atoms with Gasteiger partial charge in [0.15, 0.2) is 0 Å². The first-order valence-electron chi connectivity index (χ1n) is 7.14.